The van der Waals surface area contributed by atoms with Crippen LogP contribution in [0.5, 0.6) is 0 Å². The van der Waals surface area contributed by atoms with Crippen molar-refractivity contribution in [1.29, 1.82) is 0 Å². The molecule has 1 aliphatic rings. The van der Waals surface area contributed by atoms with E-state index in [2.05, 4.69) is 21.3 Å². The minimum Gasteiger partial charge on any atom is -0.338 e. The smallest absolute Gasteiger partial charge is 0.319 e. The fraction of sp³-hybridized carbons (Fsp3) is 0.364. The first-order chi connectivity index (χ1) is 15.3. The molecule has 1 saturated carbocycles. The molecule has 0 aromatic heterocycles. The van der Waals surface area contributed by atoms with E-state index < -0.39 is 11.6 Å². The number of hydrogen-bond donors (Lipinski definition) is 4. The highest BCUT2D eigenvalue weighted by Gasteiger charge is 2.23. The summed E-state index contributed by atoms with van der Waals surface area (Å²) >= 11 is 11.4. The zero-order valence-corrected chi connectivity index (χ0v) is 18.7. The lowest BCUT2D eigenvalue weighted by atomic mass is 9.81. The van der Waals surface area contributed by atoms with Crippen molar-refractivity contribution in [3.63, 3.8) is 0 Å². The molecule has 4 N–H and O–H groups in total. The number of nitrogens with one attached hydrogen (secondary N) is 4. The zero-order valence-electron chi connectivity index (χ0n) is 17.2. The maximum Gasteiger partial charge on any atom is 0.319 e. The quantitative estimate of drug-likeness (QED) is 0.404. The Kier molecular flexibility index (Phi) is 8.53. The van der Waals surface area contributed by atoms with Gasteiger partial charge in [-0.15, -0.1) is 0 Å². The van der Waals surface area contributed by atoms with Crippen LogP contribution in [-0.4, -0.2) is 25.2 Å². The van der Waals surface area contributed by atoms with Crippen LogP contribution < -0.4 is 21.3 Å². The monoisotopic (exact) mass is 484 g/mol. The van der Waals surface area contributed by atoms with Crippen LogP contribution in [0.3, 0.4) is 0 Å². The van der Waals surface area contributed by atoms with Crippen LogP contribution in [0, 0.1) is 23.5 Å². The number of carbonyl (C=O) groups is 2. The molecule has 0 aliphatic heterocycles. The Bertz CT molecular complexity index is 901. The Morgan fingerprint density at radius 3 is 1.66 bits per heavy atom. The summed E-state index contributed by atoms with van der Waals surface area (Å²) < 4.78 is 26.4. The van der Waals surface area contributed by atoms with Crippen molar-refractivity contribution in [1.82, 2.24) is 10.6 Å². The van der Waals surface area contributed by atoms with Gasteiger partial charge in [0, 0.05) is 24.5 Å². The average molecular weight is 485 g/mol. The van der Waals surface area contributed by atoms with Gasteiger partial charge in [0.2, 0.25) is 0 Å². The fourth-order valence-corrected chi connectivity index (χ4v) is 4.11. The second-order valence-electron chi connectivity index (χ2n) is 7.83. The normalized spacial score (nSPS) is 18.0. The predicted octanol–water partition coefficient (Wildman–Crippen LogP) is 6.02. The molecule has 0 saturated heterocycles. The van der Waals surface area contributed by atoms with Crippen molar-refractivity contribution >= 4 is 46.6 Å². The third-order valence-electron chi connectivity index (χ3n) is 5.35. The van der Waals surface area contributed by atoms with E-state index in [9.17, 15) is 18.4 Å². The van der Waals surface area contributed by atoms with E-state index in [1.807, 2.05) is 0 Å². The summed E-state index contributed by atoms with van der Waals surface area (Å²) in [6, 6.07) is 7.19. The third kappa shape index (κ3) is 7.24. The second kappa shape index (κ2) is 11.3. The largest absolute Gasteiger partial charge is 0.338 e. The summed E-state index contributed by atoms with van der Waals surface area (Å²) in [4.78, 5) is 24.2. The highest BCUT2D eigenvalue weighted by molar-refractivity contribution is 6.31. The molecule has 0 bridgehead atoms. The van der Waals surface area contributed by atoms with Gasteiger partial charge in [0.1, 0.15) is 11.6 Å². The van der Waals surface area contributed by atoms with Gasteiger partial charge in [-0.05, 0) is 67.5 Å². The molecule has 3 rings (SSSR count). The molecule has 0 spiro atoms. The van der Waals surface area contributed by atoms with Gasteiger partial charge in [0.15, 0.2) is 0 Å². The van der Waals surface area contributed by atoms with E-state index in [0.29, 0.717) is 24.5 Å². The minimum atomic E-state index is -0.547. The molecule has 1 fully saturated rings. The lowest BCUT2D eigenvalue weighted by Crippen LogP contribution is -2.38. The number of urea groups is 2. The average Bonchev–Trinajstić information content (AvgIpc) is 2.76. The van der Waals surface area contributed by atoms with Gasteiger partial charge in [0.25, 0.3) is 0 Å². The number of carbonyl (C=O) groups excluding carboxylic acids is 2. The number of halogens is 4. The molecule has 0 heterocycles. The first kappa shape index (κ1) is 24.1. The molecule has 4 amide bonds. The summed E-state index contributed by atoms with van der Waals surface area (Å²) in [5.74, 6) is -0.515. The van der Waals surface area contributed by atoms with E-state index in [-0.39, 0.29) is 33.9 Å². The van der Waals surface area contributed by atoms with Crippen molar-refractivity contribution in [2.24, 2.45) is 11.8 Å². The van der Waals surface area contributed by atoms with Crippen molar-refractivity contribution in [2.75, 3.05) is 23.7 Å². The Morgan fingerprint density at radius 2 is 1.25 bits per heavy atom. The molecule has 2 aromatic rings. The van der Waals surface area contributed by atoms with E-state index in [1.54, 1.807) is 0 Å². The molecule has 10 heteroatoms. The van der Waals surface area contributed by atoms with Crippen LogP contribution >= 0.6 is 23.2 Å². The van der Waals surface area contributed by atoms with Crippen molar-refractivity contribution in [2.45, 2.75) is 25.7 Å². The van der Waals surface area contributed by atoms with Gasteiger partial charge in [-0.3, -0.25) is 0 Å². The molecule has 6 nitrogen and oxygen atoms in total. The Morgan fingerprint density at radius 1 is 0.812 bits per heavy atom. The number of anilines is 2. The van der Waals surface area contributed by atoms with Gasteiger partial charge >= 0.3 is 12.1 Å². The van der Waals surface area contributed by atoms with E-state index in [4.69, 9.17) is 23.2 Å². The number of rotatable bonds is 6. The van der Waals surface area contributed by atoms with E-state index in [1.165, 1.54) is 36.4 Å². The maximum absolute atomic E-state index is 13.2. The van der Waals surface area contributed by atoms with Crippen LogP contribution in [0.4, 0.5) is 29.7 Å². The maximum atomic E-state index is 13.2. The zero-order chi connectivity index (χ0) is 23.1. The lowest BCUT2D eigenvalue weighted by Gasteiger charge is -2.29. The van der Waals surface area contributed by atoms with Gasteiger partial charge in [-0.25, -0.2) is 18.4 Å². The van der Waals surface area contributed by atoms with Crippen LogP contribution in [0.15, 0.2) is 36.4 Å². The molecule has 1 aliphatic carbocycles. The van der Waals surface area contributed by atoms with Gasteiger partial charge in [-0.1, -0.05) is 29.6 Å². The topological polar surface area (TPSA) is 82.3 Å². The Hall–Kier alpha value is -2.58. The summed E-state index contributed by atoms with van der Waals surface area (Å²) in [6.45, 7) is 0.995. The highest BCUT2D eigenvalue weighted by atomic mass is 35.5. The van der Waals surface area contributed by atoms with Crippen LogP contribution in [0.1, 0.15) is 25.7 Å². The second-order valence-corrected chi connectivity index (χ2v) is 8.64. The first-order valence-corrected chi connectivity index (χ1v) is 11.1. The molecule has 0 radical (unpaired) electrons. The lowest BCUT2D eigenvalue weighted by molar-refractivity contribution is 0.230. The molecule has 0 unspecified atom stereocenters. The molecular weight excluding hydrogens is 461 g/mol. The van der Waals surface area contributed by atoms with Crippen molar-refractivity contribution in [3.8, 4) is 0 Å². The van der Waals surface area contributed by atoms with Gasteiger partial charge in [0.05, 0.1) is 10.0 Å². The highest BCUT2D eigenvalue weighted by Crippen LogP contribution is 2.28. The van der Waals surface area contributed by atoms with Gasteiger partial charge in [-0.2, -0.15) is 0 Å². The number of benzene rings is 2. The molecular formula is C22H24Cl2F2N4O2. The fourth-order valence-electron chi connectivity index (χ4n) is 3.75. The first-order valence-electron chi connectivity index (χ1n) is 10.3. The van der Waals surface area contributed by atoms with Crippen LogP contribution in [0.25, 0.3) is 0 Å². The SMILES string of the molecule is O=C(NC[C@H]1CCC[C@@H](CNC(=O)Nc2ccc(F)c(Cl)c2)C1)Nc1ccc(F)c(Cl)c1. The molecule has 172 valence electrons. The molecule has 2 atom stereocenters. The molecule has 32 heavy (non-hydrogen) atoms. The molecule has 2 aromatic carbocycles. The van der Waals surface area contributed by atoms with E-state index >= 15 is 0 Å². The third-order valence-corrected chi connectivity index (χ3v) is 5.93. The summed E-state index contributed by atoms with van der Waals surface area (Å²) in [5.41, 5.74) is 0.821. The summed E-state index contributed by atoms with van der Waals surface area (Å²) in [5, 5.41) is 10.8. The van der Waals surface area contributed by atoms with Crippen LogP contribution in [0.2, 0.25) is 10.0 Å². The van der Waals surface area contributed by atoms with Crippen molar-refractivity contribution in [3.05, 3.63) is 58.1 Å². The summed E-state index contributed by atoms with van der Waals surface area (Å²) in [7, 11) is 0. The predicted molar refractivity (Wildman–Crippen MR) is 122 cm³/mol. The Balaban J connectivity index is 1.38. The minimum absolute atomic E-state index is 0.0583. The van der Waals surface area contributed by atoms with Crippen molar-refractivity contribution < 1.29 is 18.4 Å². The van der Waals surface area contributed by atoms with E-state index in [0.717, 1.165) is 25.7 Å². The standard InChI is InChI=1S/C22H24Cl2F2N4O2/c23-17-9-15(4-6-19(17)25)29-21(31)27-11-13-2-1-3-14(8-13)12-28-22(32)30-16-5-7-20(26)18(24)10-16/h4-7,9-10,13-14H,1-3,8,11-12H2,(H2,27,29,31)(H2,28,30,32)/t13-,14+. The van der Waals surface area contributed by atoms with Gasteiger partial charge < -0.3 is 21.3 Å². The van der Waals surface area contributed by atoms with Crippen LogP contribution in [-0.2, 0) is 0 Å². The Labute approximate surface area is 195 Å². The summed E-state index contributed by atoms with van der Waals surface area (Å²) in [6.07, 6.45) is 3.84. The number of hydrogen-bond acceptors (Lipinski definition) is 2. The number of amides is 4.